The second kappa shape index (κ2) is 7.49. The van der Waals surface area contributed by atoms with Gasteiger partial charge in [-0.15, -0.1) is 10.2 Å². The van der Waals surface area contributed by atoms with Crippen LogP contribution in [-0.2, 0) is 9.47 Å². The van der Waals surface area contributed by atoms with Gasteiger partial charge < -0.3 is 9.47 Å². The number of methoxy groups -OCH3 is 2. The highest BCUT2D eigenvalue weighted by Crippen LogP contribution is 2.20. The molecule has 6 nitrogen and oxygen atoms in total. The molecule has 2 unspecified atom stereocenters. The van der Waals surface area contributed by atoms with Gasteiger partial charge >= 0.3 is 0 Å². The highest BCUT2D eigenvalue weighted by molar-refractivity contribution is 6.30. The van der Waals surface area contributed by atoms with Gasteiger partial charge in [0.25, 0.3) is 0 Å². The summed E-state index contributed by atoms with van der Waals surface area (Å²) in [6.07, 6.45) is 1.26. The molecule has 0 N–H and O–H groups in total. The van der Waals surface area contributed by atoms with Crippen LogP contribution >= 0.6 is 11.6 Å². The molecule has 0 bridgehead atoms. The van der Waals surface area contributed by atoms with Crippen molar-refractivity contribution in [1.82, 2.24) is 14.9 Å². The Hall–Kier alpha value is -1.76. The highest BCUT2D eigenvalue weighted by Gasteiger charge is 2.20. The SMILES string of the molecule is COC(C)c1nnc(C(C)OC)n1N=Cc1ccc(Cl)cc1. The Morgan fingerprint density at radius 3 is 2.00 bits per heavy atom. The number of rotatable bonds is 6. The minimum atomic E-state index is -0.229. The third-order valence-electron chi connectivity index (χ3n) is 3.32. The Balaban J connectivity index is 2.38. The van der Waals surface area contributed by atoms with E-state index in [-0.39, 0.29) is 12.2 Å². The van der Waals surface area contributed by atoms with E-state index < -0.39 is 0 Å². The van der Waals surface area contributed by atoms with Crippen LogP contribution in [-0.4, -0.2) is 35.3 Å². The Bertz CT molecular complexity index is 612. The third-order valence-corrected chi connectivity index (χ3v) is 3.57. The van der Waals surface area contributed by atoms with Crippen molar-refractivity contribution in [2.75, 3.05) is 14.2 Å². The smallest absolute Gasteiger partial charge is 0.183 e. The van der Waals surface area contributed by atoms with E-state index in [4.69, 9.17) is 21.1 Å². The Kier molecular flexibility index (Phi) is 5.65. The first-order valence-electron chi connectivity index (χ1n) is 6.87. The van der Waals surface area contributed by atoms with Crippen molar-refractivity contribution < 1.29 is 9.47 Å². The quantitative estimate of drug-likeness (QED) is 0.766. The van der Waals surface area contributed by atoms with Crippen LogP contribution in [0.4, 0.5) is 0 Å². The molecule has 1 heterocycles. The minimum Gasteiger partial charge on any atom is -0.374 e. The second-order valence-electron chi connectivity index (χ2n) is 4.78. The van der Waals surface area contributed by atoms with Crippen LogP contribution in [0.1, 0.15) is 43.3 Å². The van der Waals surface area contributed by atoms with E-state index >= 15 is 0 Å². The van der Waals surface area contributed by atoms with Crippen LogP contribution in [0.5, 0.6) is 0 Å². The summed E-state index contributed by atoms with van der Waals surface area (Å²) in [5.74, 6) is 1.23. The number of aromatic nitrogens is 3. The van der Waals surface area contributed by atoms with Gasteiger partial charge in [-0.05, 0) is 31.5 Å². The first-order chi connectivity index (χ1) is 10.6. The molecule has 22 heavy (non-hydrogen) atoms. The summed E-state index contributed by atoms with van der Waals surface area (Å²) < 4.78 is 12.3. The van der Waals surface area contributed by atoms with Gasteiger partial charge in [0, 0.05) is 19.2 Å². The zero-order chi connectivity index (χ0) is 16.1. The summed E-state index contributed by atoms with van der Waals surface area (Å²) in [5, 5.41) is 13.5. The maximum atomic E-state index is 5.88. The van der Waals surface area contributed by atoms with Gasteiger partial charge in [-0.2, -0.15) is 9.78 Å². The molecule has 7 heteroatoms. The molecular weight excluding hydrogens is 304 g/mol. The van der Waals surface area contributed by atoms with Crippen LogP contribution < -0.4 is 0 Å². The van der Waals surface area contributed by atoms with Crippen LogP contribution in [0.15, 0.2) is 29.4 Å². The van der Waals surface area contributed by atoms with Crippen LogP contribution in [0, 0.1) is 0 Å². The van der Waals surface area contributed by atoms with Crippen molar-refractivity contribution in [3.05, 3.63) is 46.5 Å². The molecule has 1 aromatic heterocycles. The number of nitrogens with zero attached hydrogens (tertiary/aromatic N) is 4. The molecule has 0 spiro atoms. The van der Waals surface area contributed by atoms with Crippen molar-refractivity contribution in [3.63, 3.8) is 0 Å². The van der Waals surface area contributed by atoms with E-state index in [1.165, 1.54) is 0 Å². The van der Waals surface area contributed by atoms with Crippen molar-refractivity contribution in [3.8, 4) is 0 Å². The van der Waals surface area contributed by atoms with Gasteiger partial charge in [0.1, 0.15) is 12.2 Å². The van der Waals surface area contributed by atoms with E-state index in [0.29, 0.717) is 16.7 Å². The molecule has 0 aliphatic heterocycles. The summed E-state index contributed by atoms with van der Waals surface area (Å²) in [6.45, 7) is 3.78. The number of hydrogen-bond acceptors (Lipinski definition) is 5. The van der Waals surface area contributed by atoms with E-state index in [1.54, 1.807) is 25.1 Å². The Morgan fingerprint density at radius 1 is 1.05 bits per heavy atom. The lowest BCUT2D eigenvalue weighted by molar-refractivity contribution is 0.101. The van der Waals surface area contributed by atoms with Crippen LogP contribution in [0.3, 0.4) is 0 Å². The number of halogens is 1. The van der Waals surface area contributed by atoms with Gasteiger partial charge in [0.05, 0.1) is 6.21 Å². The van der Waals surface area contributed by atoms with E-state index in [0.717, 1.165) is 5.56 Å². The summed E-state index contributed by atoms with van der Waals surface area (Å²) in [7, 11) is 3.23. The molecule has 0 aliphatic carbocycles. The Morgan fingerprint density at radius 2 is 1.55 bits per heavy atom. The molecule has 0 radical (unpaired) electrons. The maximum absolute atomic E-state index is 5.88. The average molecular weight is 323 g/mol. The summed E-state index contributed by atoms with van der Waals surface area (Å²) in [5.41, 5.74) is 0.921. The van der Waals surface area contributed by atoms with Crippen molar-refractivity contribution in [2.45, 2.75) is 26.1 Å². The number of ether oxygens (including phenoxy) is 2. The largest absolute Gasteiger partial charge is 0.374 e. The average Bonchev–Trinajstić information content (AvgIpc) is 2.96. The van der Waals surface area contributed by atoms with E-state index in [2.05, 4.69) is 15.3 Å². The third kappa shape index (κ3) is 3.71. The molecule has 118 valence electrons. The molecule has 0 saturated carbocycles. The van der Waals surface area contributed by atoms with Gasteiger partial charge in [-0.25, -0.2) is 0 Å². The van der Waals surface area contributed by atoms with Crippen molar-refractivity contribution >= 4 is 17.8 Å². The molecule has 0 aliphatic rings. The molecular formula is C15H19ClN4O2. The van der Waals surface area contributed by atoms with Gasteiger partial charge in [0.2, 0.25) is 0 Å². The molecule has 2 atom stereocenters. The van der Waals surface area contributed by atoms with Gasteiger partial charge in [-0.1, -0.05) is 23.7 Å². The minimum absolute atomic E-state index is 0.229. The molecule has 1 aromatic carbocycles. The molecule has 2 aromatic rings. The van der Waals surface area contributed by atoms with Crippen LogP contribution in [0.25, 0.3) is 0 Å². The van der Waals surface area contributed by atoms with Gasteiger partial charge in [0.15, 0.2) is 11.6 Å². The monoisotopic (exact) mass is 322 g/mol. The molecule has 0 amide bonds. The number of hydrogen-bond donors (Lipinski definition) is 0. The predicted octanol–water partition coefficient (Wildman–Crippen LogP) is 3.23. The fourth-order valence-electron chi connectivity index (χ4n) is 1.81. The molecule has 0 fully saturated rings. The second-order valence-corrected chi connectivity index (χ2v) is 5.22. The maximum Gasteiger partial charge on any atom is 0.183 e. The topological polar surface area (TPSA) is 61.5 Å². The van der Waals surface area contributed by atoms with Crippen molar-refractivity contribution in [2.24, 2.45) is 5.10 Å². The normalized spacial score (nSPS) is 14.4. The van der Waals surface area contributed by atoms with Crippen LogP contribution in [0.2, 0.25) is 5.02 Å². The number of benzene rings is 1. The summed E-state index contributed by atoms with van der Waals surface area (Å²) in [4.78, 5) is 0. The first kappa shape index (κ1) is 16.6. The Labute approximate surface area is 134 Å². The lowest BCUT2D eigenvalue weighted by Crippen LogP contribution is -2.10. The lowest BCUT2D eigenvalue weighted by Gasteiger charge is -2.12. The van der Waals surface area contributed by atoms with Gasteiger partial charge in [-0.3, -0.25) is 0 Å². The summed E-state index contributed by atoms with van der Waals surface area (Å²) >= 11 is 5.88. The zero-order valence-corrected chi connectivity index (χ0v) is 13.8. The fourth-order valence-corrected chi connectivity index (χ4v) is 1.94. The molecule has 2 rings (SSSR count). The van der Waals surface area contributed by atoms with Crippen molar-refractivity contribution in [1.29, 1.82) is 0 Å². The van der Waals surface area contributed by atoms with E-state index in [1.807, 2.05) is 38.1 Å². The standard InChI is InChI=1S/C15H19ClN4O2/c1-10(21-3)14-18-19-15(11(2)22-4)20(14)17-9-12-5-7-13(16)8-6-12/h5-11H,1-4H3. The highest BCUT2D eigenvalue weighted by atomic mass is 35.5. The lowest BCUT2D eigenvalue weighted by atomic mass is 10.2. The van der Waals surface area contributed by atoms with E-state index in [9.17, 15) is 0 Å². The summed E-state index contributed by atoms with van der Waals surface area (Å²) in [6, 6.07) is 7.39. The predicted molar refractivity (Wildman–Crippen MR) is 85.3 cm³/mol. The fraction of sp³-hybridized carbons (Fsp3) is 0.400. The first-order valence-corrected chi connectivity index (χ1v) is 7.25. The zero-order valence-electron chi connectivity index (χ0n) is 13.0. The molecule has 0 saturated heterocycles.